The molecule has 2 nitrogen and oxygen atoms in total. The van der Waals surface area contributed by atoms with E-state index in [2.05, 4.69) is 37.2 Å². The third-order valence-corrected chi connectivity index (χ3v) is 5.30. The maximum absolute atomic E-state index is 12.2. The number of carbonyl (C=O) groups excluding carboxylic acids is 1. The Hall–Kier alpha value is -0.350. The van der Waals surface area contributed by atoms with Crippen molar-refractivity contribution in [1.29, 1.82) is 0 Å². The number of rotatable bonds is 2. The standard InChI is InChI=1S/C14H15Br2NO/c1-7-2-11(15)13(12(16)3-7)17-14(18)10-5-8-4-9(8)6-10/h2-3,8-10H,4-6H2,1H3,(H,17,18). The van der Waals surface area contributed by atoms with E-state index in [1.807, 2.05) is 19.1 Å². The fraction of sp³-hybridized carbons (Fsp3) is 0.500. The molecule has 0 aliphatic heterocycles. The largest absolute Gasteiger partial charge is 0.324 e. The quantitative estimate of drug-likeness (QED) is 0.813. The highest BCUT2D eigenvalue weighted by Crippen LogP contribution is 2.54. The van der Waals surface area contributed by atoms with E-state index in [9.17, 15) is 4.79 Å². The highest BCUT2D eigenvalue weighted by Gasteiger charge is 2.48. The number of hydrogen-bond donors (Lipinski definition) is 1. The molecule has 3 rings (SSSR count). The number of amides is 1. The lowest BCUT2D eigenvalue weighted by molar-refractivity contribution is -0.120. The van der Waals surface area contributed by atoms with Gasteiger partial charge in [-0.1, -0.05) is 0 Å². The number of fused-ring (bicyclic) bond motifs is 1. The Bertz CT molecular complexity index is 482. The Balaban J connectivity index is 1.74. The van der Waals surface area contributed by atoms with Crippen LogP contribution in [0.3, 0.4) is 0 Å². The van der Waals surface area contributed by atoms with Crippen molar-refractivity contribution in [2.75, 3.05) is 5.32 Å². The van der Waals surface area contributed by atoms with Crippen molar-refractivity contribution < 1.29 is 4.79 Å². The molecule has 1 amide bonds. The lowest BCUT2D eigenvalue weighted by Crippen LogP contribution is -2.22. The van der Waals surface area contributed by atoms with Crippen molar-refractivity contribution in [2.45, 2.75) is 26.2 Å². The van der Waals surface area contributed by atoms with E-state index in [0.717, 1.165) is 44.9 Å². The van der Waals surface area contributed by atoms with Crippen LogP contribution < -0.4 is 5.32 Å². The van der Waals surface area contributed by atoms with E-state index in [1.54, 1.807) is 0 Å². The van der Waals surface area contributed by atoms with Gasteiger partial charge in [0, 0.05) is 14.9 Å². The molecule has 1 aromatic rings. The second kappa shape index (κ2) is 4.64. The molecule has 2 aliphatic rings. The predicted molar refractivity (Wildman–Crippen MR) is 79.5 cm³/mol. The van der Waals surface area contributed by atoms with E-state index < -0.39 is 0 Å². The maximum atomic E-state index is 12.2. The van der Waals surface area contributed by atoms with Gasteiger partial charge in [0.2, 0.25) is 5.91 Å². The Labute approximate surface area is 124 Å². The molecular weight excluding hydrogens is 358 g/mol. The molecule has 0 spiro atoms. The first-order valence-corrected chi connectivity index (χ1v) is 7.89. The average molecular weight is 373 g/mol. The van der Waals surface area contributed by atoms with Crippen LogP contribution in [0.1, 0.15) is 24.8 Å². The topological polar surface area (TPSA) is 29.1 Å². The minimum atomic E-state index is 0.174. The minimum absolute atomic E-state index is 0.174. The number of halogens is 2. The van der Waals surface area contributed by atoms with Gasteiger partial charge >= 0.3 is 0 Å². The van der Waals surface area contributed by atoms with Crippen LogP contribution in [0.2, 0.25) is 0 Å². The zero-order valence-electron chi connectivity index (χ0n) is 10.2. The van der Waals surface area contributed by atoms with Crippen molar-refractivity contribution in [3.63, 3.8) is 0 Å². The lowest BCUT2D eigenvalue weighted by atomic mass is 10.0. The summed E-state index contributed by atoms with van der Waals surface area (Å²) in [6.07, 6.45) is 3.51. The number of aryl methyl sites for hydroxylation is 1. The predicted octanol–water partition coefficient (Wildman–Crippen LogP) is 4.50. The molecule has 2 fully saturated rings. The van der Waals surface area contributed by atoms with Gasteiger partial charge in [-0.2, -0.15) is 0 Å². The number of anilines is 1. The smallest absolute Gasteiger partial charge is 0.227 e. The van der Waals surface area contributed by atoms with Gasteiger partial charge < -0.3 is 5.32 Å². The molecule has 2 saturated carbocycles. The van der Waals surface area contributed by atoms with Gasteiger partial charge in [-0.05, 0) is 87.6 Å². The van der Waals surface area contributed by atoms with Crippen LogP contribution in [0.15, 0.2) is 21.1 Å². The van der Waals surface area contributed by atoms with Crippen LogP contribution in [0.4, 0.5) is 5.69 Å². The van der Waals surface area contributed by atoms with Gasteiger partial charge in [0.25, 0.3) is 0 Å². The number of hydrogen-bond acceptors (Lipinski definition) is 1. The number of benzene rings is 1. The summed E-state index contributed by atoms with van der Waals surface area (Å²) in [6.45, 7) is 2.03. The van der Waals surface area contributed by atoms with Crippen LogP contribution in [-0.4, -0.2) is 5.91 Å². The first-order chi connectivity index (χ1) is 8.54. The third-order valence-electron chi connectivity index (χ3n) is 4.05. The summed E-state index contributed by atoms with van der Waals surface area (Å²) < 4.78 is 1.87. The maximum Gasteiger partial charge on any atom is 0.227 e. The van der Waals surface area contributed by atoms with Gasteiger partial charge in [0.15, 0.2) is 0 Å². The van der Waals surface area contributed by atoms with Gasteiger partial charge in [0.1, 0.15) is 0 Å². The third kappa shape index (κ3) is 2.37. The van der Waals surface area contributed by atoms with Crippen LogP contribution in [0.5, 0.6) is 0 Å². The molecule has 0 saturated heterocycles. The van der Waals surface area contributed by atoms with E-state index in [-0.39, 0.29) is 11.8 Å². The molecular formula is C14H15Br2NO. The molecule has 0 aromatic heterocycles. The lowest BCUT2D eigenvalue weighted by Gasteiger charge is -2.15. The van der Waals surface area contributed by atoms with Gasteiger partial charge in [-0.3, -0.25) is 4.79 Å². The second-order valence-corrected chi connectivity index (χ2v) is 7.23. The summed E-state index contributed by atoms with van der Waals surface area (Å²) in [5.74, 6) is 2.07. The van der Waals surface area contributed by atoms with Crippen LogP contribution in [0.25, 0.3) is 0 Å². The number of nitrogens with one attached hydrogen (secondary N) is 1. The van der Waals surface area contributed by atoms with Gasteiger partial charge in [-0.25, -0.2) is 0 Å². The number of carbonyl (C=O) groups is 1. The Kier molecular flexibility index (Phi) is 3.27. The van der Waals surface area contributed by atoms with Crippen molar-refractivity contribution in [3.8, 4) is 0 Å². The highest BCUT2D eigenvalue weighted by atomic mass is 79.9. The summed E-state index contributed by atoms with van der Waals surface area (Å²) in [6, 6.07) is 4.04. The van der Waals surface area contributed by atoms with Crippen molar-refractivity contribution in [1.82, 2.24) is 0 Å². The first-order valence-electron chi connectivity index (χ1n) is 6.31. The minimum Gasteiger partial charge on any atom is -0.324 e. The van der Waals surface area contributed by atoms with Crippen molar-refractivity contribution in [2.24, 2.45) is 17.8 Å². The summed E-state index contributed by atoms with van der Waals surface area (Å²) in [5, 5.41) is 3.06. The van der Waals surface area contributed by atoms with Gasteiger partial charge in [0.05, 0.1) is 5.69 Å². The Morgan fingerprint density at radius 2 is 1.72 bits per heavy atom. The highest BCUT2D eigenvalue weighted by molar-refractivity contribution is 9.11. The fourth-order valence-electron chi connectivity index (χ4n) is 2.97. The second-order valence-electron chi connectivity index (χ2n) is 5.52. The van der Waals surface area contributed by atoms with E-state index in [0.29, 0.717) is 0 Å². The molecule has 2 unspecified atom stereocenters. The summed E-state index contributed by atoms with van der Waals surface area (Å²) >= 11 is 7.02. The first kappa shape index (κ1) is 12.7. The molecule has 1 N–H and O–H groups in total. The Morgan fingerprint density at radius 1 is 1.17 bits per heavy atom. The average Bonchev–Trinajstić information content (AvgIpc) is 2.90. The zero-order chi connectivity index (χ0) is 12.9. The fourth-order valence-corrected chi connectivity index (χ4v) is 4.59. The van der Waals surface area contributed by atoms with Crippen molar-refractivity contribution >= 4 is 43.5 Å². The summed E-state index contributed by atoms with van der Waals surface area (Å²) in [4.78, 5) is 12.2. The van der Waals surface area contributed by atoms with Gasteiger partial charge in [-0.15, -0.1) is 0 Å². The summed E-state index contributed by atoms with van der Waals surface area (Å²) in [7, 11) is 0. The molecule has 0 radical (unpaired) electrons. The van der Waals surface area contributed by atoms with Crippen molar-refractivity contribution in [3.05, 3.63) is 26.6 Å². The van der Waals surface area contributed by atoms with Crippen LogP contribution >= 0.6 is 31.9 Å². The van der Waals surface area contributed by atoms with Crippen LogP contribution in [-0.2, 0) is 4.79 Å². The molecule has 2 atom stereocenters. The molecule has 0 bridgehead atoms. The monoisotopic (exact) mass is 371 g/mol. The molecule has 4 heteroatoms. The van der Waals surface area contributed by atoms with E-state index in [1.165, 1.54) is 6.42 Å². The molecule has 0 heterocycles. The molecule has 1 aromatic carbocycles. The molecule has 96 valence electrons. The molecule has 18 heavy (non-hydrogen) atoms. The summed E-state index contributed by atoms with van der Waals surface area (Å²) in [5.41, 5.74) is 2.01. The Morgan fingerprint density at radius 3 is 2.28 bits per heavy atom. The van der Waals surface area contributed by atoms with Crippen LogP contribution in [0, 0.1) is 24.7 Å². The van der Waals surface area contributed by atoms with E-state index >= 15 is 0 Å². The normalized spacial score (nSPS) is 28.9. The SMILES string of the molecule is Cc1cc(Br)c(NC(=O)C2CC3CC3C2)c(Br)c1. The van der Waals surface area contributed by atoms with E-state index in [4.69, 9.17) is 0 Å². The zero-order valence-corrected chi connectivity index (χ0v) is 13.3. The molecule has 2 aliphatic carbocycles.